The number of ketones is 1. The molecule has 0 aliphatic carbocycles. The molecule has 0 saturated carbocycles. The molecule has 1 aromatic rings. The van der Waals surface area contributed by atoms with Gasteiger partial charge in [-0.25, -0.2) is 4.98 Å². The van der Waals surface area contributed by atoms with Crippen molar-refractivity contribution in [3.63, 3.8) is 0 Å². The van der Waals surface area contributed by atoms with Crippen molar-refractivity contribution in [1.29, 1.82) is 0 Å². The van der Waals surface area contributed by atoms with Gasteiger partial charge < -0.3 is 5.32 Å². The Morgan fingerprint density at radius 3 is 2.47 bits per heavy atom. The zero-order valence-electron chi connectivity index (χ0n) is 9.97. The Bertz CT molecular complexity index is 363. The van der Waals surface area contributed by atoms with Crippen LogP contribution >= 0.6 is 11.3 Å². The van der Waals surface area contributed by atoms with Gasteiger partial charge in [0, 0.05) is 19.0 Å². The van der Waals surface area contributed by atoms with Crippen LogP contribution in [0.4, 0.5) is 0 Å². The van der Waals surface area contributed by atoms with Gasteiger partial charge in [0.2, 0.25) is 0 Å². The molecule has 15 heavy (non-hydrogen) atoms. The van der Waals surface area contributed by atoms with E-state index in [0.29, 0.717) is 0 Å². The second-order valence-corrected chi connectivity index (χ2v) is 5.77. The summed E-state index contributed by atoms with van der Waals surface area (Å²) in [6, 6.07) is 0. The van der Waals surface area contributed by atoms with E-state index in [1.54, 1.807) is 6.92 Å². The molecule has 1 rings (SSSR count). The molecule has 0 atom stereocenters. The highest BCUT2D eigenvalue weighted by Crippen LogP contribution is 2.18. The van der Waals surface area contributed by atoms with E-state index in [9.17, 15) is 4.79 Å². The maximum atomic E-state index is 11.2. The largest absolute Gasteiger partial charge is 0.306 e. The number of thiazole rings is 1. The molecule has 84 valence electrons. The number of rotatable bonds is 3. The highest BCUT2D eigenvalue weighted by Gasteiger charge is 2.13. The Labute approximate surface area is 94.9 Å². The molecule has 3 nitrogen and oxygen atoms in total. The van der Waals surface area contributed by atoms with Gasteiger partial charge in [-0.05, 0) is 27.7 Å². The first-order chi connectivity index (χ1) is 6.79. The maximum Gasteiger partial charge on any atom is 0.171 e. The van der Waals surface area contributed by atoms with Crippen LogP contribution in [-0.4, -0.2) is 16.3 Å². The third-order valence-corrected chi connectivity index (χ3v) is 3.19. The molecule has 0 aliphatic heterocycles. The number of carbonyl (C=O) groups is 1. The van der Waals surface area contributed by atoms with Gasteiger partial charge in [-0.2, -0.15) is 0 Å². The summed E-state index contributed by atoms with van der Waals surface area (Å²) in [5, 5.41) is 4.33. The Morgan fingerprint density at radius 2 is 2.07 bits per heavy atom. The SMILES string of the molecule is CC(=O)c1sc(CNC(C)(C)C)nc1C. The van der Waals surface area contributed by atoms with Crippen LogP contribution in [0.15, 0.2) is 0 Å². The topological polar surface area (TPSA) is 42.0 Å². The van der Waals surface area contributed by atoms with Crippen LogP contribution < -0.4 is 5.32 Å². The molecule has 0 aromatic carbocycles. The first-order valence-electron chi connectivity index (χ1n) is 5.02. The fourth-order valence-electron chi connectivity index (χ4n) is 1.20. The van der Waals surface area contributed by atoms with E-state index in [1.807, 2.05) is 6.92 Å². The van der Waals surface area contributed by atoms with E-state index in [1.165, 1.54) is 11.3 Å². The van der Waals surface area contributed by atoms with E-state index >= 15 is 0 Å². The lowest BCUT2D eigenvalue weighted by Crippen LogP contribution is -2.35. The Kier molecular flexibility index (Phi) is 3.62. The molecule has 0 amide bonds. The molecule has 0 unspecified atom stereocenters. The monoisotopic (exact) mass is 226 g/mol. The lowest BCUT2D eigenvalue weighted by Gasteiger charge is -2.19. The zero-order chi connectivity index (χ0) is 11.6. The molecular weight excluding hydrogens is 208 g/mol. The minimum atomic E-state index is 0.0793. The fraction of sp³-hybridized carbons (Fsp3) is 0.636. The van der Waals surface area contributed by atoms with E-state index in [-0.39, 0.29) is 11.3 Å². The van der Waals surface area contributed by atoms with Crippen LogP contribution in [0.3, 0.4) is 0 Å². The van der Waals surface area contributed by atoms with Crippen LogP contribution in [0.1, 0.15) is 48.1 Å². The minimum absolute atomic E-state index is 0.0793. The molecule has 0 radical (unpaired) electrons. The molecule has 0 saturated heterocycles. The predicted octanol–water partition coefficient (Wildman–Crippen LogP) is 2.54. The van der Waals surface area contributed by atoms with Crippen molar-refractivity contribution in [2.45, 2.75) is 46.7 Å². The summed E-state index contributed by atoms with van der Waals surface area (Å²) < 4.78 is 0. The molecule has 1 aromatic heterocycles. The third-order valence-electron chi connectivity index (χ3n) is 1.93. The summed E-state index contributed by atoms with van der Waals surface area (Å²) in [4.78, 5) is 16.4. The number of Topliss-reactive ketones (excluding diaryl/α,β-unsaturated/α-hetero) is 1. The second-order valence-electron chi connectivity index (χ2n) is 4.68. The Balaban J connectivity index is 2.72. The number of aryl methyl sites for hydroxylation is 1. The summed E-state index contributed by atoms with van der Waals surface area (Å²) in [5.41, 5.74) is 0.925. The number of nitrogens with one attached hydrogen (secondary N) is 1. The van der Waals surface area contributed by atoms with Crippen molar-refractivity contribution in [3.05, 3.63) is 15.6 Å². The number of carbonyl (C=O) groups excluding carboxylic acids is 1. The van der Waals surface area contributed by atoms with Crippen molar-refractivity contribution in [3.8, 4) is 0 Å². The van der Waals surface area contributed by atoms with Crippen molar-refractivity contribution in [2.75, 3.05) is 0 Å². The lowest BCUT2D eigenvalue weighted by molar-refractivity contribution is 0.102. The molecule has 0 bridgehead atoms. The maximum absolute atomic E-state index is 11.2. The van der Waals surface area contributed by atoms with Gasteiger partial charge in [0.05, 0.1) is 10.6 Å². The van der Waals surface area contributed by atoms with Crippen LogP contribution in [-0.2, 0) is 6.54 Å². The van der Waals surface area contributed by atoms with E-state index in [2.05, 4.69) is 31.1 Å². The van der Waals surface area contributed by atoms with Gasteiger partial charge in [-0.1, -0.05) is 0 Å². The number of nitrogens with zero attached hydrogens (tertiary/aromatic N) is 1. The summed E-state index contributed by atoms with van der Waals surface area (Å²) >= 11 is 1.49. The summed E-state index contributed by atoms with van der Waals surface area (Å²) in [6.45, 7) is 10.5. The normalized spacial score (nSPS) is 11.8. The Morgan fingerprint density at radius 1 is 1.47 bits per heavy atom. The Hall–Kier alpha value is -0.740. The molecule has 4 heteroatoms. The summed E-state index contributed by atoms with van der Waals surface area (Å²) in [6.07, 6.45) is 0. The highest BCUT2D eigenvalue weighted by atomic mass is 32.1. The van der Waals surface area contributed by atoms with Gasteiger partial charge in [0.25, 0.3) is 0 Å². The van der Waals surface area contributed by atoms with Crippen LogP contribution in [0.2, 0.25) is 0 Å². The standard InChI is InChI=1S/C11H18N2OS/c1-7-10(8(2)14)15-9(13-7)6-12-11(3,4)5/h12H,6H2,1-5H3. The van der Waals surface area contributed by atoms with Gasteiger partial charge in [0.1, 0.15) is 5.01 Å². The van der Waals surface area contributed by atoms with Crippen LogP contribution in [0, 0.1) is 6.92 Å². The van der Waals surface area contributed by atoms with Crippen LogP contribution in [0.5, 0.6) is 0 Å². The third kappa shape index (κ3) is 3.72. The average Bonchev–Trinajstić information content (AvgIpc) is 2.42. The molecule has 0 fully saturated rings. The zero-order valence-corrected chi connectivity index (χ0v) is 10.8. The summed E-state index contributed by atoms with van der Waals surface area (Å²) in [7, 11) is 0. The second kappa shape index (κ2) is 4.41. The van der Waals surface area contributed by atoms with Crippen molar-refractivity contribution >= 4 is 17.1 Å². The van der Waals surface area contributed by atoms with Gasteiger partial charge in [-0.3, -0.25) is 4.79 Å². The van der Waals surface area contributed by atoms with Crippen LogP contribution in [0.25, 0.3) is 0 Å². The molecule has 0 spiro atoms. The fourth-order valence-corrected chi connectivity index (χ4v) is 2.09. The smallest absolute Gasteiger partial charge is 0.171 e. The van der Waals surface area contributed by atoms with E-state index in [4.69, 9.17) is 0 Å². The molecule has 1 N–H and O–H groups in total. The first-order valence-corrected chi connectivity index (χ1v) is 5.83. The van der Waals surface area contributed by atoms with E-state index < -0.39 is 0 Å². The highest BCUT2D eigenvalue weighted by molar-refractivity contribution is 7.13. The van der Waals surface area contributed by atoms with Crippen molar-refractivity contribution in [1.82, 2.24) is 10.3 Å². The number of hydrogen-bond acceptors (Lipinski definition) is 4. The van der Waals surface area contributed by atoms with Gasteiger partial charge in [0.15, 0.2) is 5.78 Å². The number of hydrogen-bond donors (Lipinski definition) is 1. The average molecular weight is 226 g/mol. The van der Waals surface area contributed by atoms with Crippen molar-refractivity contribution in [2.24, 2.45) is 0 Å². The number of aromatic nitrogens is 1. The summed E-state index contributed by atoms with van der Waals surface area (Å²) in [5.74, 6) is 0.104. The van der Waals surface area contributed by atoms with E-state index in [0.717, 1.165) is 22.1 Å². The van der Waals surface area contributed by atoms with Gasteiger partial charge >= 0.3 is 0 Å². The molecule has 1 heterocycles. The first kappa shape index (κ1) is 12.3. The van der Waals surface area contributed by atoms with Gasteiger partial charge in [-0.15, -0.1) is 11.3 Å². The predicted molar refractivity (Wildman–Crippen MR) is 63.4 cm³/mol. The molecule has 0 aliphatic rings. The molecular formula is C11H18N2OS. The minimum Gasteiger partial charge on any atom is -0.306 e. The van der Waals surface area contributed by atoms with Crippen molar-refractivity contribution < 1.29 is 4.79 Å². The quantitative estimate of drug-likeness (QED) is 0.805. The lowest BCUT2D eigenvalue weighted by atomic mass is 10.1.